The normalized spacial score (nSPS) is 18.1. The van der Waals surface area contributed by atoms with E-state index in [0.29, 0.717) is 11.2 Å². The monoisotopic (exact) mass is 472 g/mol. The summed E-state index contributed by atoms with van der Waals surface area (Å²) in [6.45, 7) is -0.742. The summed E-state index contributed by atoms with van der Waals surface area (Å²) < 4.78 is 56.0. The number of fused-ring (bicyclic) bond motifs is 1. The van der Waals surface area contributed by atoms with Gasteiger partial charge >= 0.3 is 0 Å². The number of aliphatic hydroxyl groups is 1. The molecule has 0 bridgehead atoms. The highest BCUT2D eigenvalue weighted by molar-refractivity contribution is 5.47. The summed E-state index contributed by atoms with van der Waals surface area (Å²) in [6.07, 6.45) is 6.94. The number of ether oxygens (including phenoxy) is 2. The van der Waals surface area contributed by atoms with Crippen LogP contribution in [0.4, 0.5) is 13.2 Å². The number of rotatable bonds is 7. The summed E-state index contributed by atoms with van der Waals surface area (Å²) in [5.74, 6) is -1.92. The van der Waals surface area contributed by atoms with Crippen molar-refractivity contribution in [1.29, 1.82) is 0 Å². The van der Waals surface area contributed by atoms with Gasteiger partial charge in [-0.05, 0) is 12.8 Å². The van der Waals surface area contributed by atoms with E-state index in [1.165, 1.54) is 6.20 Å². The molecule has 12 heteroatoms. The maximum absolute atomic E-state index is 14.8. The minimum Gasteiger partial charge on any atom is -0.487 e. The number of imidazole rings is 1. The number of halogens is 3. The van der Waals surface area contributed by atoms with Crippen LogP contribution >= 0.6 is 0 Å². The molecule has 176 valence electrons. The minimum atomic E-state index is -1.70. The maximum Gasteiger partial charge on any atom is 0.190 e. The fraction of sp³-hybridized carbons (Fsp3) is 0.364. The summed E-state index contributed by atoms with van der Waals surface area (Å²) in [6, 6.07) is 1.71. The molecule has 1 N–H and O–H groups in total. The van der Waals surface area contributed by atoms with Crippen LogP contribution in [0.5, 0.6) is 5.75 Å². The van der Waals surface area contributed by atoms with Crippen molar-refractivity contribution < 1.29 is 27.8 Å². The number of nitrogens with zero attached hydrogens (tertiary/aromatic N) is 6. The molecule has 0 radical (unpaired) electrons. The first-order valence-electron chi connectivity index (χ1n) is 10.7. The van der Waals surface area contributed by atoms with Crippen molar-refractivity contribution in [3.63, 3.8) is 0 Å². The van der Waals surface area contributed by atoms with Crippen LogP contribution in [0.25, 0.3) is 11.2 Å². The summed E-state index contributed by atoms with van der Waals surface area (Å²) in [5, 5.41) is 19.0. The van der Waals surface area contributed by atoms with Gasteiger partial charge in [-0.15, -0.1) is 5.10 Å². The molecule has 1 saturated heterocycles. The zero-order valence-corrected chi connectivity index (χ0v) is 17.7. The molecule has 0 unspecified atom stereocenters. The second-order valence-corrected chi connectivity index (χ2v) is 8.65. The van der Waals surface area contributed by atoms with E-state index in [1.54, 1.807) is 23.1 Å². The fourth-order valence-corrected chi connectivity index (χ4v) is 3.95. The molecule has 2 aliphatic rings. The van der Waals surface area contributed by atoms with Gasteiger partial charge in [-0.2, -0.15) is 0 Å². The first-order valence-corrected chi connectivity index (χ1v) is 10.7. The smallest absolute Gasteiger partial charge is 0.190 e. The number of hydrogen-bond acceptors (Lipinski definition) is 7. The molecule has 4 aromatic rings. The van der Waals surface area contributed by atoms with Crippen LogP contribution in [0.3, 0.4) is 0 Å². The third-order valence-corrected chi connectivity index (χ3v) is 6.00. The average molecular weight is 472 g/mol. The number of benzene rings is 1. The van der Waals surface area contributed by atoms with Crippen LogP contribution in [-0.4, -0.2) is 60.0 Å². The third-order valence-electron chi connectivity index (χ3n) is 6.00. The second kappa shape index (κ2) is 7.77. The topological polar surface area (TPSA) is 99.6 Å². The fourth-order valence-electron chi connectivity index (χ4n) is 3.95. The van der Waals surface area contributed by atoms with Crippen molar-refractivity contribution in [3.8, 4) is 11.4 Å². The Labute approximate surface area is 190 Å². The van der Waals surface area contributed by atoms with Crippen molar-refractivity contribution in [2.75, 3.05) is 19.8 Å². The van der Waals surface area contributed by atoms with Crippen molar-refractivity contribution >= 4 is 5.52 Å². The van der Waals surface area contributed by atoms with Gasteiger partial charge in [-0.3, -0.25) is 9.38 Å². The largest absolute Gasteiger partial charge is 0.487 e. The van der Waals surface area contributed by atoms with Crippen molar-refractivity contribution in [2.45, 2.75) is 30.5 Å². The number of aliphatic hydroxyl groups excluding tert-OH is 1. The van der Waals surface area contributed by atoms with Gasteiger partial charge in [0.05, 0.1) is 55.0 Å². The van der Waals surface area contributed by atoms with Crippen LogP contribution in [0.2, 0.25) is 0 Å². The molecule has 9 nitrogen and oxygen atoms in total. The highest BCUT2D eigenvalue weighted by Crippen LogP contribution is 2.42. The third kappa shape index (κ3) is 3.59. The lowest BCUT2D eigenvalue weighted by molar-refractivity contribution is -0.146. The van der Waals surface area contributed by atoms with Crippen LogP contribution in [0.15, 0.2) is 37.1 Å². The quantitative estimate of drug-likeness (QED) is 0.442. The Morgan fingerprint density at radius 3 is 2.76 bits per heavy atom. The Morgan fingerprint density at radius 2 is 2.03 bits per heavy atom. The van der Waals surface area contributed by atoms with Gasteiger partial charge < -0.3 is 14.6 Å². The molecule has 1 saturated carbocycles. The van der Waals surface area contributed by atoms with Gasteiger partial charge in [0.25, 0.3) is 0 Å². The summed E-state index contributed by atoms with van der Waals surface area (Å²) in [5.41, 5.74) is 0.158. The lowest BCUT2D eigenvalue weighted by atomic mass is 10.1. The molecule has 3 aromatic heterocycles. The molecular weight excluding hydrogens is 453 g/mol. The standard InChI is InChI=1S/C22H19F3N6O3/c23-14-4-18(34-10-22(25)8-33-9-22)15(24)3-17(14)31-7-16(28-29-31)21(32)20-19(12-1-2-12)27-6-13-5-26-11-30(13)20/h3-7,11-12,21,32H,1-2,8-10H2/t21-/m0/s1. The zero-order chi connectivity index (χ0) is 23.4. The highest BCUT2D eigenvalue weighted by atomic mass is 19.1. The number of alkyl halides is 1. The lowest BCUT2D eigenvalue weighted by Crippen LogP contribution is -2.50. The Hall–Kier alpha value is -3.51. The van der Waals surface area contributed by atoms with Crippen LogP contribution in [0, 0.1) is 11.6 Å². The predicted octanol–water partition coefficient (Wildman–Crippen LogP) is 2.66. The molecule has 6 rings (SSSR count). The molecule has 1 atom stereocenters. The first kappa shape index (κ1) is 21.1. The van der Waals surface area contributed by atoms with Crippen molar-refractivity contribution in [2.24, 2.45) is 0 Å². The first-order chi connectivity index (χ1) is 16.4. The van der Waals surface area contributed by atoms with Gasteiger partial charge in [0.2, 0.25) is 0 Å². The zero-order valence-electron chi connectivity index (χ0n) is 17.7. The van der Waals surface area contributed by atoms with E-state index < -0.39 is 35.8 Å². The van der Waals surface area contributed by atoms with E-state index in [2.05, 4.69) is 20.3 Å². The Bertz CT molecular complexity index is 1380. The van der Waals surface area contributed by atoms with Crippen molar-refractivity contribution in [1.82, 2.24) is 29.4 Å². The summed E-state index contributed by atoms with van der Waals surface area (Å²) in [7, 11) is 0. The van der Waals surface area contributed by atoms with E-state index in [0.717, 1.165) is 35.4 Å². The predicted molar refractivity (Wildman–Crippen MR) is 110 cm³/mol. The molecule has 34 heavy (non-hydrogen) atoms. The van der Waals surface area contributed by atoms with Crippen LogP contribution < -0.4 is 4.74 Å². The van der Waals surface area contributed by atoms with E-state index in [9.17, 15) is 18.3 Å². The molecule has 1 aliphatic heterocycles. The van der Waals surface area contributed by atoms with Gasteiger partial charge in [0.15, 0.2) is 23.1 Å². The van der Waals surface area contributed by atoms with E-state index in [4.69, 9.17) is 9.47 Å². The molecule has 2 fully saturated rings. The molecule has 0 amide bonds. The average Bonchev–Trinajstić information content (AvgIpc) is 3.33. The van der Waals surface area contributed by atoms with Gasteiger partial charge in [0, 0.05) is 18.1 Å². The SMILES string of the molecule is O[C@@H](c1cn(-c2cc(F)c(OCC3(F)COC3)cc2F)nn1)c1c(C2CC2)ncc2cncn12. The molecule has 1 aliphatic carbocycles. The summed E-state index contributed by atoms with van der Waals surface area (Å²) >= 11 is 0. The number of aromatic nitrogens is 6. The molecule has 0 spiro atoms. The number of hydrogen-bond donors (Lipinski definition) is 1. The lowest BCUT2D eigenvalue weighted by Gasteiger charge is -2.33. The Morgan fingerprint density at radius 1 is 1.21 bits per heavy atom. The Kier molecular flexibility index (Phi) is 4.81. The maximum atomic E-state index is 14.8. The minimum absolute atomic E-state index is 0.134. The molecular formula is C22H19F3N6O3. The molecule has 4 heterocycles. The van der Waals surface area contributed by atoms with E-state index in [-0.39, 0.29) is 30.5 Å². The van der Waals surface area contributed by atoms with Crippen LogP contribution in [-0.2, 0) is 4.74 Å². The Balaban J connectivity index is 1.29. The molecule has 1 aromatic carbocycles. The summed E-state index contributed by atoms with van der Waals surface area (Å²) in [4.78, 5) is 8.62. The van der Waals surface area contributed by atoms with Crippen molar-refractivity contribution in [3.05, 3.63) is 65.8 Å². The van der Waals surface area contributed by atoms with E-state index in [1.807, 2.05) is 0 Å². The van der Waals surface area contributed by atoms with Gasteiger partial charge in [-0.1, -0.05) is 5.21 Å². The van der Waals surface area contributed by atoms with E-state index >= 15 is 0 Å². The van der Waals surface area contributed by atoms with Gasteiger partial charge in [-0.25, -0.2) is 22.8 Å². The van der Waals surface area contributed by atoms with Crippen LogP contribution in [0.1, 0.15) is 41.9 Å². The second-order valence-electron chi connectivity index (χ2n) is 8.65. The highest BCUT2D eigenvalue weighted by Gasteiger charge is 2.40. The van der Waals surface area contributed by atoms with Gasteiger partial charge in [0.1, 0.15) is 24.1 Å².